The summed E-state index contributed by atoms with van der Waals surface area (Å²) in [5.41, 5.74) is 1.15. The van der Waals surface area contributed by atoms with Crippen LogP contribution in [0.1, 0.15) is 62.2 Å². The number of aromatic nitrogens is 1. The molecule has 0 amide bonds. The molecule has 0 saturated heterocycles. The Morgan fingerprint density at radius 1 is 1.32 bits per heavy atom. The van der Waals surface area contributed by atoms with Crippen LogP contribution in [-0.2, 0) is 11.3 Å². The zero-order chi connectivity index (χ0) is 14.3. The zero-order valence-corrected chi connectivity index (χ0v) is 13.8. The van der Waals surface area contributed by atoms with Crippen LogP contribution in [0.5, 0.6) is 0 Å². The van der Waals surface area contributed by atoms with E-state index in [1.807, 2.05) is 6.92 Å². The van der Waals surface area contributed by atoms with E-state index in [1.54, 1.807) is 11.3 Å². The standard InChI is InChI=1S/C15H28N2OS/c1-6-8-13(18-7-2)15-17-12(5)14(19-15)10-16-9-11(3)4/h11,13,16H,6-10H2,1-5H3. The smallest absolute Gasteiger partial charge is 0.122 e. The molecule has 0 aliphatic carbocycles. The Bertz CT molecular complexity index is 357. The molecule has 110 valence electrons. The van der Waals surface area contributed by atoms with Crippen molar-refractivity contribution in [3.63, 3.8) is 0 Å². The van der Waals surface area contributed by atoms with E-state index in [1.165, 1.54) is 4.88 Å². The van der Waals surface area contributed by atoms with Crippen molar-refractivity contribution in [2.24, 2.45) is 5.92 Å². The number of ether oxygens (including phenoxy) is 1. The molecular formula is C15H28N2OS. The monoisotopic (exact) mass is 284 g/mol. The number of nitrogens with zero attached hydrogens (tertiary/aromatic N) is 1. The molecule has 1 N–H and O–H groups in total. The van der Waals surface area contributed by atoms with Crippen molar-refractivity contribution in [1.29, 1.82) is 0 Å². The average molecular weight is 284 g/mol. The van der Waals surface area contributed by atoms with Gasteiger partial charge in [-0.2, -0.15) is 0 Å². The molecule has 4 heteroatoms. The Balaban J connectivity index is 2.65. The summed E-state index contributed by atoms with van der Waals surface area (Å²) in [6.07, 6.45) is 2.36. The van der Waals surface area contributed by atoms with Crippen molar-refractivity contribution in [1.82, 2.24) is 10.3 Å². The SMILES string of the molecule is CCCC(OCC)c1nc(C)c(CNCC(C)C)s1. The first-order valence-electron chi connectivity index (χ1n) is 7.36. The highest BCUT2D eigenvalue weighted by Gasteiger charge is 2.17. The summed E-state index contributed by atoms with van der Waals surface area (Å²) >= 11 is 1.80. The van der Waals surface area contributed by atoms with Gasteiger partial charge in [-0.05, 0) is 32.7 Å². The number of hydrogen-bond donors (Lipinski definition) is 1. The molecule has 1 aromatic rings. The first-order valence-corrected chi connectivity index (χ1v) is 8.18. The topological polar surface area (TPSA) is 34.1 Å². The van der Waals surface area contributed by atoms with E-state index in [2.05, 4.69) is 33.0 Å². The summed E-state index contributed by atoms with van der Waals surface area (Å²) in [6, 6.07) is 0. The second-order valence-corrected chi connectivity index (χ2v) is 6.43. The van der Waals surface area contributed by atoms with Crippen LogP contribution in [0.3, 0.4) is 0 Å². The Morgan fingerprint density at radius 2 is 2.05 bits per heavy atom. The van der Waals surface area contributed by atoms with Crippen molar-refractivity contribution >= 4 is 11.3 Å². The van der Waals surface area contributed by atoms with Gasteiger partial charge >= 0.3 is 0 Å². The molecule has 0 radical (unpaired) electrons. The predicted molar refractivity (Wildman–Crippen MR) is 82.7 cm³/mol. The average Bonchev–Trinajstić information content (AvgIpc) is 2.70. The van der Waals surface area contributed by atoms with Crippen molar-refractivity contribution in [3.05, 3.63) is 15.6 Å². The lowest BCUT2D eigenvalue weighted by Gasteiger charge is -2.12. The first-order chi connectivity index (χ1) is 9.08. The minimum absolute atomic E-state index is 0.178. The molecule has 19 heavy (non-hydrogen) atoms. The van der Waals surface area contributed by atoms with Gasteiger partial charge in [-0.15, -0.1) is 11.3 Å². The molecule has 1 heterocycles. The fraction of sp³-hybridized carbons (Fsp3) is 0.800. The van der Waals surface area contributed by atoms with Crippen molar-refractivity contribution < 1.29 is 4.74 Å². The maximum atomic E-state index is 5.81. The Morgan fingerprint density at radius 3 is 2.63 bits per heavy atom. The van der Waals surface area contributed by atoms with Crippen molar-refractivity contribution in [3.8, 4) is 0 Å². The Labute approximate surface area is 121 Å². The van der Waals surface area contributed by atoms with Crippen LogP contribution in [0, 0.1) is 12.8 Å². The number of aryl methyl sites for hydroxylation is 1. The van der Waals surface area contributed by atoms with Gasteiger partial charge in [0, 0.05) is 18.0 Å². The molecular weight excluding hydrogens is 256 g/mol. The van der Waals surface area contributed by atoms with Gasteiger partial charge in [0.05, 0.1) is 5.69 Å². The van der Waals surface area contributed by atoms with E-state index in [4.69, 9.17) is 9.72 Å². The molecule has 3 nitrogen and oxygen atoms in total. The van der Waals surface area contributed by atoms with E-state index in [-0.39, 0.29) is 6.10 Å². The summed E-state index contributed by atoms with van der Waals surface area (Å²) in [7, 11) is 0. The number of rotatable bonds is 9. The Hall–Kier alpha value is -0.450. The minimum atomic E-state index is 0.178. The second-order valence-electron chi connectivity index (χ2n) is 5.32. The van der Waals surface area contributed by atoms with E-state index in [0.29, 0.717) is 5.92 Å². The van der Waals surface area contributed by atoms with Crippen LogP contribution in [0.15, 0.2) is 0 Å². The Kier molecular flexibility index (Phi) is 7.57. The maximum absolute atomic E-state index is 5.81. The van der Waals surface area contributed by atoms with Gasteiger partial charge in [-0.25, -0.2) is 4.98 Å². The molecule has 0 spiro atoms. The number of thiazole rings is 1. The van der Waals surface area contributed by atoms with Crippen LogP contribution < -0.4 is 5.32 Å². The third-order valence-corrected chi connectivity index (χ3v) is 4.19. The van der Waals surface area contributed by atoms with Crippen LogP contribution >= 0.6 is 11.3 Å². The second kappa shape index (κ2) is 8.67. The van der Waals surface area contributed by atoms with Crippen LogP contribution in [0.2, 0.25) is 0 Å². The predicted octanol–water partition coefficient (Wildman–Crippen LogP) is 4.07. The number of nitrogens with one attached hydrogen (secondary N) is 1. The lowest BCUT2D eigenvalue weighted by molar-refractivity contribution is 0.0554. The van der Waals surface area contributed by atoms with Gasteiger partial charge in [-0.3, -0.25) is 0 Å². The third kappa shape index (κ3) is 5.59. The molecule has 1 aromatic heterocycles. The lowest BCUT2D eigenvalue weighted by Crippen LogP contribution is -2.18. The summed E-state index contributed by atoms with van der Waals surface area (Å²) < 4.78 is 5.81. The van der Waals surface area contributed by atoms with E-state index >= 15 is 0 Å². The largest absolute Gasteiger partial charge is 0.371 e. The van der Waals surface area contributed by atoms with E-state index in [0.717, 1.165) is 43.2 Å². The molecule has 0 aliphatic rings. The van der Waals surface area contributed by atoms with Crippen LogP contribution in [0.4, 0.5) is 0 Å². The van der Waals surface area contributed by atoms with E-state index in [9.17, 15) is 0 Å². The summed E-state index contributed by atoms with van der Waals surface area (Å²) in [5, 5.41) is 4.63. The van der Waals surface area contributed by atoms with Gasteiger partial charge in [0.2, 0.25) is 0 Å². The molecule has 0 fully saturated rings. The van der Waals surface area contributed by atoms with Gasteiger partial charge in [0.15, 0.2) is 0 Å². The fourth-order valence-electron chi connectivity index (χ4n) is 1.97. The van der Waals surface area contributed by atoms with Crippen LogP contribution in [-0.4, -0.2) is 18.1 Å². The number of hydrogen-bond acceptors (Lipinski definition) is 4. The highest BCUT2D eigenvalue weighted by atomic mass is 32.1. The van der Waals surface area contributed by atoms with Gasteiger partial charge < -0.3 is 10.1 Å². The zero-order valence-electron chi connectivity index (χ0n) is 13.0. The summed E-state index contributed by atoms with van der Waals surface area (Å²) in [6.45, 7) is 13.5. The molecule has 1 rings (SSSR count). The molecule has 1 atom stereocenters. The molecule has 0 aliphatic heterocycles. The fourth-order valence-corrected chi connectivity index (χ4v) is 3.09. The third-order valence-electron chi connectivity index (χ3n) is 2.94. The maximum Gasteiger partial charge on any atom is 0.122 e. The van der Waals surface area contributed by atoms with E-state index < -0.39 is 0 Å². The van der Waals surface area contributed by atoms with Crippen LogP contribution in [0.25, 0.3) is 0 Å². The highest BCUT2D eigenvalue weighted by molar-refractivity contribution is 7.11. The minimum Gasteiger partial charge on any atom is -0.371 e. The highest BCUT2D eigenvalue weighted by Crippen LogP contribution is 2.29. The summed E-state index contributed by atoms with van der Waals surface area (Å²) in [5.74, 6) is 0.684. The normalized spacial score (nSPS) is 13.2. The molecule has 1 unspecified atom stereocenters. The molecule has 0 bridgehead atoms. The van der Waals surface area contributed by atoms with Crippen molar-refractivity contribution in [2.45, 2.75) is 60.1 Å². The van der Waals surface area contributed by atoms with Gasteiger partial charge in [0.25, 0.3) is 0 Å². The molecule has 0 saturated carbocycles. The summed E-state index contributed by atoms with van der Waals surface area (Å²) in [4.78, 5) is 6.04. The van der Waals surface area contributed by atoms with Crippen molar-refractivity contribution in [2.75, 3.05) is 13.2 Å². The van der Waals surface area contributed by atoms with Gasteiger partial charge in [-0.1, -0.05) is 27.2 Å². The first kappa shape index (κ1) is 16.6. The van der Waals surface area contributed by atoms with Gasteiger partial charge in [0.1, 0.15) is 11.1 Å². The molecule has 0 aromatic carbocycles. The lowest BCUT2D eigenvalue weighted by atomic mass is 10.2. The quantitative estimate of drug-likeness (QED) is 0.742.